The first-order chi connectivity index (χ1) is 9.33. The van der Waals surface area contributed by atoms with Crippen molar-refractivity contribution >= 4 is 0 Å². The smallest absolute Gasteiger partial charge is 0.0285 e. The number of hydrogen-bond acceptors (Lipinski definition) is 2. The van der Waals surface area contributed by atoms with E-state index >= 15 is 0 Å². The molecule has 0 spiro atoms. The molecule has 104 valence electrons. The molecule has 2 heteroatoms. The van der Waals surface area contributed by atoms with Gasteiger partial charge in [-0.1, -0.05) is 56.2 Å². The van der Waals surface area contributed by atoms with Gasteiger partial charge in [-0.3, -0.25) is 4.90 Å². The molecule has 1 aliphatic heterocycles. The fraction of sp³-hybridized carbons (Fsp3) is 0.529. The zero-order valence-electron chi connectivity index (χ0n) is 12.0. The lowest BCUT2D eigenvalue weighted by Gasteiger charge is -2.24. The first kappa shape index (κ1) is 14.3. The highest BCUT2D eigenvalue weighted by Gasteiger charge is 2.18. The summed E-state index contributed by atoms with van der Waals surface area (Å²) in [6, 6.07) is 9.57. The van der Waals surface area contributed by atoms with E-state index in [-0.39, 0.29) is 0 Å². The summed E-state index contributed by atoms with van der Waals surface area (Å²) in [7, 11) is 0. The van der Waals surface area contributed by atoms with Crippen molar-refractivity contribution in [3.8, 4) is 0 Å². The maximum atomic E-state index is 5.58. The Bertz CT molecular complexity index is 394. The molecule has 0 bridgehead atoms. The first-order valence-corrected chi connectivity index (χ1v) is 7.52. The predicted octanol–water partition coefficient (Wildman–Crippen LogP) is 3.12. The lowest BCUT2D eigenvalue weighted by Crippen LogP contribution is -2.29. The Hall–Kier alpha value is -1.12. The summed E-state index contributed by atoms with van der Waals surface area (Å²) in [5, 5.41) is 0. The van der Waals surface area contributed by atoms with Crippen molar-refractivity contribution in [2.24, 2.45) is 5.73 Å². The quantitative estimate of drug-likeness (QED) is 0.761. The summed E-state index contributed by atoms with van der Waals surface area (Å²) in [6.07, 6.45) is 9.55. The van der Waals surface area contributed by atoms with Gasteiger partial charge in [0.25, 0.3) is 0 Å². The van der Waals surface area contributed by atoms with E-state index in [1.54, 1.807) is 0 Å². The number of unbranched alkanes of at least 4 members (excludes halogenated alkanes) is 1. The van der Waals surface area contributed by atoms with E-state index in [2.05, 4.69) is 48.2 Å². The monoisotopic (exact) mass is 258 g/mol. The molecular weight excluding hydrogens is 232 g/mol. The van der Waals surface area contributed by atoms with Gasteiger partial charge >= 0.3 is 0 Å². The van der Waals surface area contributed by atoms with Crippen molar-refractivity contribution in [1.82, 2.24) is 4.90 Å². The van der Waals surface area contributed by atoms with Crippen LogP contribution < -0.4 is 5.73 Å². The summed E-state index contributed by atoms with van der Waals surface area (Å²) < 4.78 is 0. The molecule has 0 radical (unpaired) electrons. The van der Waals surface area contributed by atoms with Crippen molar-refractivity contribution in [1.29, 1.82) is 0 Å². The summed E-state index contributed by atoms with van der Waals surface area (Å²) >= 11 is 0. The highest BCUT2D eigenvalue weighted by molar-refractivity contribution is 5.23. The van der Waals surface area contributed by atoms with E-state index in [9.17, 15) is 0 Å². The van der Waals surface area contributed by atoms with Crippen molar-refractivity contribution in [3.05, 3.63) is 47.5 Å². The Labute approximate surface area is 117 Å². The average Bonchev–Trinajstić information content (AvgIpc) is 2.86. The Morgan fingerprint density at radius 1 is 1.21 bits per heavy atom. The zero-order valence-corrected chi connectivity index (χ0v) is 12.0. The maximum absolute atomic E-state index is 5.58. The van der Waals surface area contributed by atoms with Gasteiger partial charge in [0.2, 0.25) is 0 Å². The second-order valence-corrected chi connectivity index (χ2v) is 5.42. The minimum absolute atomic E-state index is 0.642. The number of nitrogens with two attached hydrogens (primary N) is 1. The Kier molecular flexibility index (Phi) is 5.62. The molecular formula is C17H26N2. The molecule has 0 unspecified atom stereocenters. The van der Waals surface area contributed by atoms with E-state index in [0.717, 1.165) is 26.1 Å². The van der Waals surface area contributed by atoms with Crippen LogP contribution in [0.4, 0.5) is 0 Å². The van der Waals surface area contributed by atoms with Gasteiger partial charge in [-0.15, -0.1) is 0 Å². The van der Waals surface area contributed by atoms with Gasteiger partial charge in [-0.25, -0.2) is 0 Å². The molecule has 0 saturated heterocycles. The Morgan fingerprint density at radius 2 is 1.95 bits per heavy atom. The highest BCUT2D eigenvalue weighted by atomic mass is 15.2. The highest BCUT2D eigenvalue weighted by Crippen LogP contribution is 2.19. The fourth-order valence-electron chi connectivity index (χ4n) is 2.70. The van der Waals surface area contributed by atoms with Crippen LogP contribution in [0.2, 0.25) is 0 Å². The van der Waals surface area contributed by atoms with Crippen LogP contribution in [0.15, 0.2) is 36.4 Å². The third-order valence-electron chi connectivity index (χ3n) is 3.86. The minimum Gasteiger partial charge on any atom is -0.330 e. The van der Waals surface area contributed by atoms with Gasteiger partial charge in [-0.05, 0) is 30.5 Å². The number of nitrogens with zero attached hydrogens (tertiary/aromatic N) is 1. The molecule has 1 aromatic rings. The van der Waals surface area contributed by atoms with E-state index < -0.39 is 0 Å². The van der Waals surface area contributed by atoms with Crippen molar-refractivity contribution in [2.75, 3.05) is 13.1 Å². The van der Waals surface area contributed by atoms with Crippen LogP contribution in [0, 0.1) is 0 Å². The van der Waals surface area contributed by atoms with Gasteiger partial charge in [0.1, 0.15) is 0 Å². The summed E-state index contributed by atoms with van der Waals surface area (Å²) in [5.41, 5.74) is 8.33. The molecule has 0 aromatic heterocycles. The lowest BCUT2D eigenvalue weighted by molar-refractivity contribution is 0.249. The van der Waals surface area contributed by atoms with E-state index in [1.165, 1.54) is 30.4 Å². The third-order valence-corrected chi connectivity index (χ3v) is 3.86. The summed E-state index contributed by atoms with van der Waals surface area (Å²) in [4.78, 5) is 2.56. The van der Waals surface area contributed by atoms with Crippen molar-refractivity contribution in [3.63, 3.8) is 0 Å². The average molecular weight is 258 g/mol. The zero-order chi connectivity index (χ0) is 13.5. The molecule has 1 aromatic carbocycles. The molecule has 2 nitrogen and oxygen atoms in total. The van der Waals surface area contributed by atoms with Gasteiger partial charge in [0, 0.05) is 19.1 Å². The molecule has 0 fully saturated rings. The molecule has 2 N–H and O–H groups in total. The largest absolute Gasteiger partial charge is 0.330 e. The van der Waals surface area contributed by atoms with Gasteiger partial charge in [-0.2, -0.15) is 0 Å². The van der Waals surface area contributed by atoms with Crippen LogP contribution in [0.1, 0.15) is 37.3 Å². The molecule has 1 atom stereocenters. The molecule has 0 saturated carbocycles. The fourth-order valence-corrected chi connectivity index (χ4v) is 2.70. The van der Waals surface area contributed by atoms with Crippen LogP contribution in [0.3, 0.4) is 0 Å². The van der Waals surface area contributed by atoms with Gasteiger partial charge in [0.15, 0.2) is 0 Å². The van der Waals surface area contributed by atoms with E-state index in [1.807, 2.05) is 0 Å². The normalized spacial score (nSPS) is 19.2. The molecule has 19 heavy (non-hydrogen) atoms. The van der Waals surface area contributed by atoms with Crippen molar-refractivity contribution < 1.29 is 0 Å². The first-order valence-electron chi connectivity index (χ1n) is 7.52. The van der Waals surface area contributed by atoms with Crippen LogP contribution in [-0.2, 0) is 13.0 Å². The lowest BCUT2D eigenvalue weighted by atomic mass is 10.1. The van der Waals surface area contributed by atoms with E-state index in [4.69, 9.17) is 5.73 Å². The van der Waals surface area contributed by atoms with E-state index in [0.29, 0.717) is 6.04 Å². The Morgan fingerprint density at radius 3 is 2.63 bits per heavy atom. The number of rotatable bonds is 7. The summed E-state index contributed by atoms with van der Waals surface area (Å²) in [5.74, 6) is 0. The summed E-state index contributed by atoms with van der Waals surface area (Å²) in [6.45, 7) is 5.15. The second kappa shape index (κ2) is 7.46. The molecule has 0 amide bonds. The molecule has 1 heterocycles. The molecule has 2 rings (SSSR count). The standard InChI is InChI=1S/C17H26N2/c1-2-3-5-17-6-4-13-19(17)14-16-9-7-15(8-10-16)11-12-18/h4,6-10,17H,2-3,5,11-14,18H2,1H3/t17-/m1/s1. The number of benzene rings is 1. The molecule has 0 aliphatic carbocycles. The van der Waals surface area contributed by atoms with Gasteiger partial charge in [0.05, 0.1) is 0 Å². The second-order valence-electron chi connectivity index (χ2n) is 5.42. The van der Waals surface area contributed by atoms with Gasteiger partial charge < -0.3 is 5.73 Å². The number of hydrogen-bond donors (Lipinski definition) is 1. The Balaban J connectivity index is 1.89. The molecule has 1 aliphatic rings. The van der Waals surface area contributed by atoms with Crippen molar-refractivity contribution in [2.45, 2.75) is 45.2 Å². The van der Waals surface area contributed by atoms with Crippen LogP contribution >= 0.6 is 0 Å². The van der Waals surface area contributed by atoms with Crippen LogP contribution in [0.5, 0.6) is 0 Å². The van der Waals surface area contributed by atoms with Crippen LogP contribution in [0.25, 0.3) is 0 Å². The minimum atomic E-state index is 0.642. The maximum Gasteiger partial charge on any atom is 0.0285 e. The SMILES string of the molecule is CCCC[C@@H]1C=CCN1Cc1ccc(CCN)cc1. The predicted molar refractivity (Wildman–Crippen MR) is 82.1 cm³/mol. The van der Waals surface area contributed by atoms with Crippen LogP contribution in [-0.4, -0.2) is 24.0 Å². The topological polar surface area (TPSA) is 29.3 Å². The third kappa shape index (κ3) is 4.19.